The van der Waals surface area contributed by atoms with Crippen LogP contribution >= 0.6 is 0 Å². The van der Waals surface area contributed by atoms with Crippen molar-refractivity contribution in [1.82, 2.24) is 5.32 Å². The van der Waals surface area contributed by atoms with Crippen LogP contribution in [-0.2, 0) is 6.42 Å². The van der Waals surface area contributed by atoms with Crippen LogP contribution in [-0.4, -0.2) is 7.05 Å². The van der Waals surface area contributed by atoms with Crippen molar-refractivity contribution in [1.29, 1.82) is 0 Å². The molecule has 0 heterocycles. The number of halogens is 2. The van der Waals surface area contributed by atoms with Crippen molar-refractivity contribution < 1.29 is 8.78 Å². The van der Waals surface area contributed by atoms with Gasteiger partial charge in [0.05, 0.1) is 0 Å². The second kappa shape index (κ2) is 6.62. The molecule has 1 atom stereocenters. The lowest BCUT2D eigenvalue weighted by molar-refractivity contribution is 0.501. The average Bonchev–Trinajstić information content (AvgIpc) is 2.43. The Morgan fingerprint density at radius 2 is 1.90 bits per heavy atom. The number of hydrogen-bond donors (Lipinski definition) is 1. The zero-order chi connectivity index (χ0) is 14.5. The topological polar surface area (TPSA) is 12.0 Å². The van der Waals surface area contributed by atoms with Crippen LogP contribution in [0.3, 0.4) is 0 Å². The molecule has 0 radical (unpaired) electrons. The van der Waals surface area contributed by atoms with Crippen LogP contribution in [0.5, 0.6) is 0 Å². The zero-order valence-corrected chi connectivity index (χ0v) is 11.8. The van der Waals surface area contributed by atoms with Gasteiger partial charge in [-0.1, -0.05) is 29.8 Å². The lowest BCUT2D eigenvalue weighted by atomic mass is 9.98. The molecule has 2 aromatic rings. The molecule has 1 N–H and O–H groups in total. The van der Waals surface area contributed by atoms with E-state index in [0.717, 1.165) is 18.9 Å². The Kier molecular flexibility index (Phi) is 4.85. The Morgan fingerprint density at radius 1 is 1.10 bits per heavy atom. The third-order valence-electron chi connectivity index (χ3n) is 3.49. The van der Waals surface area contributed by atoms with Crippen molar-refractivity contribution in [2.75, 3.05) is 7.05 Å². The molecule has 106 valence electrons. The van der Waals surface area contributed by atoms with Crippen molar-refractivity contribution >= 4 is 0 Å². The van der Waals surface area contributed by atoms with Crippen molar-refractivity contribution in [2.45, 2.75) is 25.8 Å². The first-order valence-corrected chi connectivity index (χ1v) is 6.78. The summed E-state index contributed by atoms with van der Waals surface area (Å²) in [6.45, 7) is 2.05. The fourth-order valence-corrected chi connectivity index (χ4v) is 2.42. The number of benzene rings is 2. The summed E-state index contributed by atoms with van der Waals surface area (Å²) < 4.78 is 27.1. The molecule has 0 aromatic heterocycles. The highest BCUT2D eigenvalue weighted by molar-refractivity contribution is 5.25. The van der Waals surface area contributed by atoms with Gasteiger partial charge in [-0.25, -0.2) is 8.78 Å². The highest BCUT2D eigenvalue weighted by Crippen LogP contribution is 2.23. The Bertz CT molecular complexity index is 581. The largest absolute Gasteiger partial charge is 0.313 e. The number of hydrogen-bond acceptors (Lipinski definition) is 1. The van der Waals surface area contributed by atoms with Gasteiger partial charge in [0, 0.05) is 11.6 Å². The van der Waals surface area contributed by atoms with E-state index in [1.54, 1.807) is 7.05 Å². The molecule has 0 fully saturated rings. The molecule has 0 bridgehead atoms. The van der Waals surface area contributed by atoms with Crippen LogP contribution in [0.25, 0.3) is 0 Å². The summed E-state index contributed by atoms with van der Waals surface area (Å²) in [6, 6.07) is 11.6. The maximum Gasteiger partial charge on any atom is 0.128 e. The minimum atomic E-state index is -0.405. The summed E-state index contributed by atoms with van der Waals surface area (Å²) in [6.07, 6.45) is 1.55. The maximum absolute atomic E-state index is 13.8. The van der Waals surface area contributed by atoms with Gasteiger partial charge in [-0.3, -0.25) is 0 Å². The molecule has 1 nitrogen and oxygen atoms in total. The third kappa shape index (κ3) is 3.64. The van der Waals surface area contributed by atoms with E-state index in [4.69, 9.17) is 0 Å². The zero-order valence-electron chi connectivity index (χ0n) is 11.8. The lowest BCUT2D eigenvalue weighted by Crippen LogP contribution is -2.18. The van der Waals surface area contributed by atoms with E-state index in [2.05, 4.69) is 17.4 Å². The van der Waals surface area contributed by atoms with Crippen molar-refractivity contribution in [3.8, 4) is 0 Å². The molecule has 1 unspecified atom stereocenters. The van der Waals surface area contributed by atoms with Crippen LogP contribution in [0, 0.1) is 18.6 Å². The van der Waals surface area contributed by atoms with Crippen LogP contribution in [0.15, 0.2) is 42.5 Å². The molecule has 0 aliphatic rings. The SMILES string of the molecule is CNC(CCc1cccc(C)c1)c1cc(F)ccc1F. The second-order valence-corrected chi connectivity index (χ2v) is 5.03. The summed E-state index contributed by atoms with van der Waals surface area (Å²) >= 11 is 0. The molecule has 2 rings (SSSR count). The summed E-state index contributed by atoms with van der Waals surface area (Å²) in [4.78, 5) is 0. The van der Waals surface area contributed by atoms with Gasteiger partial charge in [0.1, 0.15) is 11.6 Å². The first kappa shape index (κ1) is 14.7. The van der Waals surface area contributed by atoms with Crippen molar-refractivity contribution in [2.24, 2.45) is 0 Å². The average molecular weight is 275 g/mol. The third-order valence-corrected chi connectivity index (χ3v) is 3.49. The number of nitrogens with one attached hydrogen (secondary N) is 1. The Balaban J connectivity index is 2.11. The van der Waals surface area contributed by atoms with Gasteiger partial charge in [-0.15, -0.1) is 0 Å². The van der Waals surface area contributed by atoms with E-state index in [1.165, 1.54) is 23.3 Å². The van der Waals surface area contributed by atoms with E-state index in [-0.39, 0.29) is 11.9 Å². The minimum Gasteiger partial charge on any atom is -0.313 e. The summed E-state index contributed by atoms with van der Waals surface area (Å²) in [5, 5.41) is 3.06. The van der Waals surface area contributed by atoms with Crippen molar-refractivity contribution in [3.63, 3.8) is 0 Å². The van der Waals surface area contributed by atoms with Gasteiger partial charge in [0.2, 0.25) is 0 Å². The number of aryl methyl sites for hydroxylation is 2. The molecular formula is C17H19F2N. The van der Waals surface area contributed by atoms with Crippen LogP contribution in [0.2, 0.25) is 0 Å². The van der Waals surface area contributed by atoms with E-state index in [0.29, 0.717) is 5.56 Å². The Labute approximate surface area is 118 Å². The fourth-order valence-electron chi connectivity index (χ4n) is 2.42. The predicted molar refractivity (Wildman–Crippen MR) is 77.7 cm³/mol. The predicted octanol–water partition coefficient (Wildman–Crippen LogP) is 4.17. The second-order valence-electron chi connectivity index (χ2n) is 5.03. The molecule has 0 spiro atoms. The van der Waals surface area contributed by atoms with E-state index in [9.17, 15) is 8.78 Å². The van der Waals surface area contributed by atoms with Gasteiger partial charge in [-0.05, 0) is 50.6 Å². The van der Waals surface area contributed by atoms with Crippen LogP contribution in [0.1, 0.15) is 29.2 Å². The first-order valence-electron chi connectivity index (χ1n) is 6.78. The maximum atomic E-state index is 13.8. The minimum absolute atomic E-state index is 0.189. The summed E-state index contributed by atoms with van der Waals surface area (Å²) in [5.41, 5.74) is 2.81. The quantitative estimate of drug-likeness (QED) is 0.863. The molecule has 0 aliphatic heterocycles. The molecule has 0 amide bonds. The van der Waals surface area contributed by atoms with Gasteiger partial charge in [0.25, 0.3) is 0 Å². The molecule has 20 heavy (non-hydrogen) atoms. The van der Waals surface area contributed by atoms with Gasteiger partial charge in [0.15, 0.2) is 0 Å². The van der Waals surface area contributed by atoms with Gasteiger partial charge in [-0.2, -0.15) is 0 Å². The highest BCUT2D eigenvalue weighted by atomic mass is 19.1. The molecule has 0 saturated heterocycles. The summed E-state index contributed by atoms with van der Waals surface area (Å²) in [7, 11) is 1.77. The molecule has 2 aromatic carbocycles. The van der Waals surface area contributed by atoms with Crippen LogP contribution < -0.4 is 5.32 Å². The molecule has 0 aliphatic carbocycles. The van der Waals surface area contributed by atoms with E-state index >= 15 is 0 Å². The first-order chi connectivity index (χ1) is 9.60. The number of rotatable bonds is 5. The molecule has 0 saturated carbocycles. The van der Waals surface area contributed by atoms with Gasteiger partial charge >= 0.3 is 0 Å². The Morgan fingerprint density at radius 3 is 2.60 bits per heavy atom. The normalized spacial score (nSPS) is 12.4. The van der Waals surface area contributed by atoms with E-state index in [1.807, 2.05) is 19.1 Å². The highest BCUT2D eigenvalue weighted by Gasteiger charge is 2.14. The Hall–Kier alpha value is -1.74. The van der Waals surface area contributed by atoms with Crippen molar-refractivity contribution in [3.05, 3.63) is 70.8 Å². The monoisotopic (exact) mass is 275 g/mol. The summed E-state index contributed by atoms with van der Waals surface area (Å²) in [5.74, 6) is -0.771. The van der Waals surface area contributed by atoms with E-state index < -0.39 is 5.82 Å². The van der Waals surface area contributed by atoms with Gasteiger partial charge < -0.3 is 5.32 Å². The fraction of sp³-hybridized carbons (Fsp3) is 0.294. The standard InChI is InChI=1S/C17H19F2N/c1-12-4-3-5-13(10-12)6-9-17(20-2)15-11-14(18)7-8-16(15)19/h3-5,7-8,10-11,17,20H,6,9H2,1-2H3. The smallest absolute Gasteiger partial charge is 0.128 e. The lowest BCUT2D eigenvalue weighted by Gasteiger charge is -2.17. The molecule has 3 heteroatoms. The van der Waals surface area contributed by atoms with Crippen LogP contribution in [0.4, 0.5) is 8.78 Å². The molecular weight excluding hydrogens is 256 g/mol.